The molecule has 17 heavy (non-hydrogen) atoms. The molecule has 0 saturated carbocycles. The molecule has 5 nitrogen and oxygen atoms in total. The van der Waals surface area contributed by atoms with Gasteiger partial charge in [0.15, 0.2) is 11.0 Å². The number of nitrogens with one attached hydrogen (secondary N) is 1. The quantitative estimate of drug-likeness (QED) is 0.756. The molecule has 1 heterocycles. The molecule has 0 saturated heterocycles. The minimum absolute atomic E-state index is 0.0911. The highest BCUT2D eigenvalue weighted by Crippen LogP contribution is 2.25. The number of carbonyl (C=O) groups is 2. The molecule has 6 heteroatoms. The van der Waals surface area contributed by atoms with Crippen LogP contribution in [0.5, 0.6) is 5.75 Å². The van der Waals surface area contributed by atoms with Crippen LogP contribution in [0.15, 0.2) is 24.1 Å². The highest BCUT2D eigenvalue weighted by molar-refractivity contribution is 7.12. The van der Waals surface area contributed by atoms with Gasteiger partial charge in [-0.15, -0.1) is 17.9 Å². The van der Waals surface area contributed by atoms with Gasteiger partial charge in [-0.3, -0.25) is 4.79 Å². The van der Waals surface area contributed by atoms with Crippen LogP contribution < -0.4 is 10.1 Å². The van der Waals surface area contributed by atoms with E-state index >= 15 is 0 Å². The van der Waals surface area contributed by atoms with Crippen molar-refractivity contribution in [1.82, 2.24) is 5.32 Å². The second-order valence-corrected chi connectivity index (χ2v) is 4.13. The van der Waals surface area contributed by atoms with E-state index in [4.69, 9.17) is 9.84 Å². The van der Waals surface area contributed by atoms with E-state index in [0.717, 1.165) is 11.3 Å². The first-order chi connectivity index (χ1) is 8.06. The fourth-order valence-corrected chi connectivity index (χ4v) is 1.77. The molecule has 0 aliphatic heterocycles. The molecule has 0 fully saturated rings. The third kappa shape index (κ3) is 3.60. The Morgan fingerprint density at radius 1 is 1.71 bits per heavy atom. The van der Waals surface area contributed by atoms with Crippen LogP contribution in [0.4, 0.5) is 0 Å². The summed E-state index contributed by atoms with van der Waals surface area (Å²) in [6, 6.07) is 1.53. The predicted molar refractivity (Wildman–Crippen MR) is 64.6 cm³/mol. The molecule has 2 N–H and O–H groups in total. The zero-order valence-corrected chi connectivity index (χ0v) is 10.1. The fraction of sp³-hybridized carbons (Fsp3) is 0.273. The summed E-state index contributed by atoms with van der Waals surface area (Å²) in [5, 5.41) is 13.0. The molecule has 0 aliphatic carbocycles. The van der Waals surface area contributed by atoms with Crippen molar-refractivity contribution >= 4 is 23.2 Å². The number of carboxylic acid groups (broad SMARTS) is 1. The van der Waals surface area contributed by atoms with Gasteiger partial charge in [-0.2, -0.15) is 0 Å². The van der Waals surface area contributed by atoms with Gasteiger partial charge in [0.2, 0.25) is 0 Å². The summed E-state index contributed by atoms with van der Waals surface area (Å²) in [6.45, 7) is 5.38. The number of hydrogen-bond donors (Lipinski definition) is 2. The molecular weight excluding hydrogens is 242 g/mol. The molecule has 0 spiro atoms. The summed E-state index contributed by atoms with van der Waals surface area (Å²) < 4.78 is 5.29. The van der Waals surface area contributed by atoms with Crippen LogP contribution in [0.2, 0.25) is 0 Å². The molecular formula is C11H13NO4S. The topological polar surface area (TPSA) is 75.6 Å². The number of hydrogen-bond acceptors (Lipinski definition) is 4. The van der Waals surface area contributed by atoms with Crippen molar-refractivity contribution in [2.45, 2.75) is 13.0 Å². The van der Waals surface area contributed by atoms with Crippen molar-refractivity contribution in [3.05, 3.63) is 29.0 Å². The van der Waals surface area contributed by atoms with Crippen molar-refractivity contribution in [2.24, 2.45) is 0 Å². The Kier molecular flexibility index (Phi) is 4.71. The highest BCUT2D eigenvalue weighted by Gasteiger charge is 2.19. The maximum Gasteiger partial charge on any atom is 0.349 e. The first kappa shape index (κ1) is 13.2. The number of aromatic carboxylic acids is 1. The lowest BCUT2D eigenvalue weighted by molar-refractivity contribution is -0.127. The molecule has 0 aromatic carbocycles. The van der Waals surface area contributed by atoms with Gasteiger partial charge >= 0.3 is 5.97 Å². The zero-order valence-electron chi connectivity index (χ0n) is 9.30. The molecule has 1 aromatic heterocycles. The lowest BCUT2D eigenvalue weighted by Gasteiger charge is -2.13. The number of thiophene rings is 1. The van der Waals surface area contributed by atoms with Crippen molar-refractivity contribution in [3.8, 4) is 5.75 Å². The average molecular weight is 255 g/mol. The van der Waals surface area contributed by atoms with E-state index in [1.165, 1.54) is 6.07 Å². The van der Waals surface area contributed by atoms with Crippen molar-refractivity contribution in [2.75, 3.05) is 6.54 Å². The molecule has 1 atom stereocenters. The Morgan fingerprint density at radius 3 is 3.00 bits per heavy atom. The normalized spacial score (nSPS) is 11.6. The smallest absolute Gasteiger partial charge is 0.349 e. The van der Waals surface area contributed by atoms with Crippen LogP contribution in [-0.2, 0) is 4.79 Å². The molecule has 0 radical (unpaired) electrons. The third-order valence-corrected chi connectivity index (χ3v) is 2.80. The lowest BCUT2D eigenvalue weighted by Crippen LogP contribution is -2.36. The van der Waals surface area contributed by atoms with E-state index in [2.05, 4.69) is 11.9 Å². The van der Waals surface area contributed by atoms with E-state index in [9.17, 15) is 9.59 Å². The van der Waals surface area contributed by atoms with Gasteiger partial charge < -0.3 is 15.2 Å². The molecule has 0 aliphatic rings. The SMILES string of the molecule is C=CCNC(=O)C(C)Oc1ccsc1C(=O)O. The summed E-state index contributed by atoms with van der Waals surface area (Å²) in [7, 11) is 0. The standard InChI is InChI=1S/C11H13NO4S/c1-3-5-12-10(13)7(2)16-8-4-6-17-9(8)11(14)15/h3-4,6-7H,1,5H2,2H3,(H,12,13)(H,14,15). The van der Waals surface area contributed by atoms with Crippen LogP contribution in [0.1, 0.15) is 16.6 Å². The Hall–Kier alpha value is -1.82. The molecule has 1 aromatic rings. The number of carbonyl (C=O) groups excluding carboxylic acids is 1. The van der Waals surface area contributed by atoms with E-state index in [1.807, 2.05) is 0 Å². The Labute approximate surface area is 103 Å². The minimum atomic E-state index is -1.06. The molecule has 1 rings (SSSR count). The zero-order chi connectivity index (χ0) is 12.8. The third-order valence-electron chi connectivity index (χ3n) is 1.92. The van der Waals surface area contributed by atoms with Crippen molar-refractivity contribution < 1.29 is 19.4 Å². The maximum atomic E-state index is 11.5. The molecule has 92 valence electrons. The molecule has 1 amide bonds. The maximum absolute atomic E-state index is 11.5. The van der Waals surface area contributed by atoms with Crippen LogP contribution in [0, 0.1) is 0 Å². The summed E-state index contributed by atoms with van der Waals surface area (Å²) in [5.74, 6) is -1.16. The van der Waals surface area contributed by atoms with E-state index in [0.29, 0.717) is 6.54 Å². The van der Waals surface area contributed by atoms with Gasteiger partial charge in [-0.25, -0.2) is 4.79 Å². The van der Waals surface area contributed by atoms with E-state index in [-0.39, 0.29) is 16.5 Å². The number of rotatable bonds is 6. The summed E-state index contributed by atoms with van der Waals surface area (Å²) in [5.41, 5.74) is 0. The number of ether oxygens (including phenoxy) is 1. The van der Waals surface area contributed by atoms with E-state index < -0.39 is 12.1 Å². The molecule has 1 unspecified atom stereocenters. The Balaban J connectivity index is 2.64. The molecule has 0 bridgehead atoms. The van der Waals surface area contributed by atoms with Crippen molar-refractivity contribution in [3.63, 3.8) is 0 Å². The first-order valence-electron chi connectivity index (χ1n) is 4.92. The summed E-state index contributed by atoms with van der Waals surface area (Å²) in [4.78, 5) is 22.4. The first-order valence-corrected chi connectivity index (χ1v) is 5.80. The monoisotopic (exact) mass is 255 g/mol. The van der Waals surface area contributed by atoms with Gasteiger partial charge in [0.05, 0.1) is 0 Å². The van der Waals surface area contributed by atoms with Crippen LogP contribution in [0.25, 0.3) is 0 Å². The van der Waals surface area contributed by atoms with Crippen molar-refractivity contribution in [1.29, 1.82) is 0 Å². The highest BCUT2D eigenvalue weighted by atomic mass is 32.1. The van der Waals surface area contributed by atoms with Gasteiger partial charge in [0.25, 0.3) is 5.91 Å². The Morgan fingerprint density at radius 2 is 2.41 bits per heavy atom. The van der Waals surface area contributed by atoms with Gasteiger partial charge in [0.1, 0.15) is 5.75 Å². The second kappa shape index (κ2) is 6.05. The Bertz CT molecular complexity index is 427. The summed E-state index contributed by atoms with van der Waals surface area (Å²) in [6.07, 6.45) is 0.806. The average Bonchev–Trinajstić information content (AvgIpc) is 2.73. The predicted octanol–water partition coefficient (Wildman–Crippen LogP) is 1.52. The largest absolute Gasteiger partial charge is 0.479 e. The van der Waals surface area contributed by atoms with Crippen LogP contribution >= 0.6 is 11.3 Å². The van der Waals surface area contributed by atoms with Gasteiger partial charge in [-0.1, -0.05) is 6.08 Å². The summed E-state index contributed by atoms with van der Waals surface area (Å²) >= 11 is 1.06. The second-order valence-electron chi connectivity index (χ2n) is 3.21. The number of carboxylic acids is 1. The van der Waals surface area contributed by atoms with Gasteiger partial charge in [-0.05, 0) is 18.4 Å². The minimum Gasteiger partial charge on any atom is -0.479 e. The number of amides is 1. The fourth-order valence-electron chi connectivity index (χ4n) is 1.11. The lowest BCUT2D eigenvalue weighted by atomic mass is 10.3. The van der Waals surface area contributed by atoms with Crippen LogP contribution in [-0.4, -0.2) is 29.6 Å². The van der Waals surface area contributed by atoms with Gasteiger partial charge in [0, 0.05) is 6.54 Å². The van der Waals surface area contributed by atoms with E-state index in [1.54, 1.807) is 18.4 Å². The van der Waals surface area contributed by atoms with Crippen LogP contribution in [0.3, 0.4) is 0 Å².